The first kappa shape index (κ1) is 13.1. The van der Waals surface area contributed by atoms with Crippen LogP contribution in [0.25, 0.3) is 10.2 Å². The van der Waals surface area contributed by atoms with Crippen molar-refractivity contribution in [1.82, 2.24) is 4.98 Å². The van der Waals surface area contributed by atoms with Gasteiger partial charge in [-0.25, -0.2) is 4.98 Å². The summed E-state index contributed by atoms with van der Waals surface area (Å²) >= 11 is 15.2. The van der Waals surface area contributed by atoms with Gasteiger partial charge in [0.15, 0.2) is 4.34 Å². The third-order valence-corrected chi connectivity index (χ3v) is 5.17. The quantitative estimate of drug-likeness (QED) is 0.646. The molecule has 96 valence electrons. The zero-order chi connectivity index (χ0) is 13.4. The molecular weight excluding hydrogens is 319 g/mol. The maximum atomic E-state index is 6.14. The fourth-order valence-corrected chi connectivity index (χ4v) is 4.43. The molecule has 0 fully saturated rings. The third kappa shape index (κ3) is 2.67. The predicted octanol–water partition coefficient (Wildman–Crippen LogP) is 5.34. The van der Waals surface area contributed by atoms with Crippen LogP contribution < -0.4 is 5.73 Å². The Balaban J connectivity index is 2.03. The number of aromatic nitrogens is 1. The second kappa shape index (κ2) is 5.21. The van der Waals surface area contributed by atoms with Crippen LogP contribution in [0, 0.1) is 0 Å². The van der Waals surface area contributed by atoms with Crippen molar-refractivity contribution in [1.29, 1.82) is 0 Å². The molecule has 0 aliphatic heterocycles. The molecular formula is C13H8Cl2N2S2. The highest BCUT2D eigenvalue weighted by Gasteiger charge is 2.10. The fourth-order valence-electron chi connectivity index (χ4n) is 1.65. The molecule has 0 bridgehead atoms. The van der Waals surface area contributed by atoms with E-state index in [1.165, 1.54) is 11.8 Å². The van der Waals surface area contributed by atoms with Crippen LogP contribution in [-0.4, -0.2) is 4.98 Å². The van der Waals surface area contributed by atoms with Crippen LogP contribution in [0.3, 0.4) is 0 Å². The molecule has 0 saturated heterocycles. The van der Waals surface area contributed by atoms with Gasteiger partial charge in [0.2, 0.25) is 0 Å². The van der Waals surface area contributed by atoms with E-state index in [9.17, 15) is 0 Å². The smallest absolute Gasteiger partial charge is 0.156 e. The molecule has 0 aliphatic carbocycles. The van der Waals surface area contributed by atoms with E-state index in [4.69, 9.17) is 28.9 Å². The second-order valence-corrected chi connectivity index (χ2v) is 7.02. The number of hydrogen-bond donors (Lipinski definition) is 1. The van der Waals surface area contributed by atoms with Gasteiger partial charge in [0.25, 0.3) is 0 Å². The zero-order valence-electron chi connectivity index (χ0n) is 9.56. The number of fused-ring (bicyclic) bond motifs is 1. The standard InChI is InChI=1S/C13H8Cl2N2S2/c14-7-5-8(15)12-11(6-7)19-13(17-12)18-10-4-2-1-3-9(10)16/h1-6H,16H2. The fraction of sp³-hybridized carbons (Fsp3) is 0. The topological polar surface area (TPSA) is 38.9 Å². The van der Waals surface area contributed by atoms with E-state index in [0.717, 1.165) is 25.1 Å². The first-order chi connectivity index (χ1) is 9.13. The van der Waals surface area contributed by atoms with Gasteiger partial charge in [0, 0.05) is 15.6 Å². The number of rotatable bonds is 2. The minimum Gasteiger partial charge on any atom is -0.398 e. The molecule has 3 rings (SSSR count). The van der Waals surface area contributed by atoms with Crippen LogP contribution in [0.15, 0.2) is 45.6 Å². The number of thiazole rings is 1. The van der Waals surface area contributed by atoms with Gasteiger partial charge in [-0.05, 0) is 24.3 Å². The summed E-state index contributed by atoms with van der Waals surface area (Å²) in [6.07, 6.45) is 0. The van der Waals surface area contributed by atoms with Crippen LogP contribution in [0.5, 0.6) is 0 Å². The maximum absolute atomic E-state index is 6.14. The lowest BCUT2D eigenvalue weighted by atomic mass is 10.3. The molecule has 0 aliphatic rings. The first-order valence-electron chi connectivity index (χ1n) is 5.41. The zero-order valence-corrected chi connectivity index (χ0v) is 12.7. The Labute approximate surface area is 128 Å². The summed E-state index contributed by atoms with van der Waals surface area (Å²) in [5, 5.41) is 1.20. The van der Waals surface area contributed by atoms with Crippen molar-refractivity contribution in [3.05, 3.63) is 46.4 Å². The summed E-state index contributed by atoms with van der Waals surface area (Å²) < 4.78 is 1.88. The Hall–Kier alpha value is -0.940. The highest BCUT2D eigenvalue weighted by molar-refractivity contribution is 8.01. The van der Waals surface area contributed by atoms with Crippen LogP contribution in [0.2, 0.25) is 10.0 Å². The summed E-state index contributed by atoms with van der Waals surface area (Å²) in [5.74, 6) is 0. The molecule has 0 unspecified atom stereocenters. The second-order valence-electron chi connectivity index (χ2n) is 3.85. The molecule has 0 spiro atoms. The van der Waals surface area contributed by atoms with Crippen LogP contribution in [0.4, 0.5) is 5.69 Å². The van der Waals surface area contributed by atoms with E-state index < -0.39 is 0 Å². The van der Waals surface area contributed by atoms with Crippen molar-refractivity contribution >= 4 is 62.2 Å². The number of hydrogen-bond acceptors (Lipinski definition) is 4. The van der Waals surface area contributed by atoms with Gasteiger partial charge in [-0.2, -0.15) is 0 Å². The largest absolute Gasteiger partial charge is 0.398 e. The van der Waals surface area contributed by atoms with Gasteiger partial charge in [-0.15, -0.1) is 11.3 Å². The predicted molar refractivity (Wildman–Crippen MR) is 84.6 cm³/mol. The number of nitrogens with two attached hydrogens (primary N) is 1. The number of benzene rings is 2. The van der Waals surface area contributed by atoms with Crippen LogP contribution >= 0.6 is 46.3 Å². The molecule has 0 saturated carbocycles. The number of nitrogen functional groups attached to an aromatic ring is 1. The Kier molecular flexibility index (Phi) is 3.58. The molecule has 0 amide bonds. The molecule has 2 nitrogen and oxygen atoms in total. The van der Waals surface area contributed by atoms with Gasteiger partial charge in [0.1, 0.15) is 5.52 Å². The Morgan fingerprint density at radius 2 is 1.95 bits per heavy atom. The number of para-hydroxylation sites is 1. The summed E-state index contributed by atoms with van der Waals surface area (Å²) in [6.45, 7) is 0. The van der Waals surface area contributed by atoms with Crippen molar-refractivity contribution in [2.45, 2.75) is 9.24 Å². The maximum Gasteiger partial charge on any atom is 0.156 e. The molecule has 0 atom stereocenters. The number of nitrogens with zero attached hydrogens (tertiary/aromatic N) is 1. The average Bonchev–Trinajstić information content (AvgIpc) is 2.75. The molecule has 2 aromatic carbocycles. The number of anilines is 1. The normalized spacial score (nSPS) is 11.1. The first-order valence-corrected chi connectivity index (χ1v) is 7.80. The Morgan fingerprint density at radius 3 is 2.74 bits per heavy atom. The van der Waals surface area contributed by atoms with Gasteiger partial charge in [-0.1, -0.05) is 47.1 Å². The van der Waals surface area contributed by atoms with E-state index in [1.807, 2.05) is 30.3 Å². The number of halogens is 2. The van der Waals surface area contributed by atoms with E-state index >= 15 is 0 Å². The Bertz CT molecular complexity index is 755. The summed E-state index contributed by atoms with van der Waals surface area (Å²) in [7, 11) is 0. The van der Waals surface area contributed by atoms with E-state index in [-0.39, 0.29) is 0 Å². The van der Waals surface area contributed by atoms with E-state index in [0.29, 0.717) is 10.0 Å². The van der Waals surface area contributed by atoms with E-state index in [2.05, 4.69) is 4.98 Å². The van der Waals surface area contributed by atoms with Crippen molar-refractivity contribution in [3.63, 3.8) is 0 Å². The molecule has 6 heteroatoms. The highest BCUT2D eigenvalue weighted by Crippen LogP contribution is 2.39. The minimum absolute atomic E-state index is 0.576. The van der Waals surface area contributed by atoms with Crippen LogP contribution in [-0.2, 0) is 0 Å². The lowest BCUT2D eigenvalue weighted by Crippen LogP contribution is -1.86. The van der Waals surface area contributed by atoms with Gasteiger partial charge < -0.3 is 5.73 Å². The molecule has 3 aromatic rings. The minimum atomic E-state index is 0.576. The molecule has 2 N–H and O–H groups in total. The summed E-state index contributed by atoms with van der Waals surface area (Å²) in [4.78, 5) is 5.51. The molecule has 19 heavy (non-hydrogen) atoms. The lowest BCUT2D eigenvalue weighted by Gasteiger charge is -2.00. The summed E-state index contributed by atoms with van der Waals surface area (Å²) in [6, 6.07) is 11.3. The monoisotopic (exact) mass is 326 g/mol. The van der Waals surface area contributed by atoms with Crippen molar-refractivity contribution in [3.8, 4) is 0 Å². The van der Waals surface area contributed by atoms with Crippen molar-refractivity contribution < 1.29 is 0 Å². The van der Waals surface area contributed by atoms with Crippen molar-refractivity contribution in [2.75, 3.05) is 5.73 Å². The van der Waals surface area contributed by atoms with E-state index in [1.54, 1.807) is 17.4 Å². The van der Waals surface area contributed by atoms with Crippen LogP contribution in [0.1, 0.15) is 0 Å². The third-order valence-electron chi connectivity index (χ3n) is 2.51. The van der Waals surface area contributed by atoms with Gasteiger partial charge >= 0.3 is 0 Å². The average molecular weight is 327 g/mol. The lowest BCUT2D eigenvalue weighted by molar-refractivity contribution is 1.29. The summed E-state index contributed by atoms with van der Waals surface area (Å²) in [5.41, 5.74) is 7.46. The molecule has 0 radical (unpaired) electrons. The van der Waals surface area contributed by atoms with Gasteiger partial charge in [-0.3, -0.25) is 0 Å². The molecule has 1 aromatic heterocycles. The molecule has 1 heterocycles. The highest BCUT2D eigenvalue weighted by atomic mass is 35.5. The van der Waals surface area contributed by atoms with Crippen molar-refractivity contribution in [2.24, 2.45) is 0 Å². The van der Waals surface area contributed by atoms with Gasteiger partial charge in [0.05, 0.1) is 9.72 Å². The Morgan fingerprint density at radius 1 is 1.16 bits per heavy atom. The SMILES string of the molecule is Nc1ccccc1Sc1nc2c(Cl)cc(Cl)cc2s1.